The van der Waals surface area contributed by atoms with Crippen LogP contribution in [0.1, 0.15) is 26.3 Å². The maximum absolute atomic E-state index is 12.7. The van der Waals surface area contributed by atoms with Crippen LogP contribution in [0, 0.1) is 0 Å². The molecule has 4 aromatic carbocycles. The number of carbonyl (C=O) groups is 2. The number of amides is 2. The molecule has 0 radical (unpaired) electrons. The maximum Gasteiger partial charge on any atom is 0.257 e. The van der Waals surface area contributed by atoms with E-state index in [0.29, 0.717) is 34.9 Å². The van der Waals surface area contributed by atoms with E-state index < -0.39 is 0 Å². The van der Waals surface area contributed by atoms with Crippen LogP contribution in [-0.4, -0.2) is 16.9 Å². The van der Waals surface area contributed by atoms with Crippen molar-refractivity contribution in [3.8, 4) is 5.75 Å². The summed E-state index contributed by atoms with van der Waals surface area (Å²) in [6, 6.07) is 32.7. The highest BCUT2D eigenvalue weighted by Crippen LogP contribution is 2.17. The zero-order chi connectivity index (χ0) is 24.5. The number of anilines is 2. The lowest BCUT2D eigenvalue weighted by Gasteiger charge is -2.12. The summed E-state index contributed by atoms with van der Waals surface area (Å²) in [5.41, 5.74) is 3.24. The second-order valence-electron chi connectivity index (χ2n) is 7.61. The van der Waals surface area contributed by atoms with Gasteiger partial charge in [-0.05, 0) is 66.3 Å². The van der Waals surface area contributed by atoms with Crippen LogP contribution >= 0.6 is 12.2 Å². The molecule has 7 heteroatoms. The van der Waals surface area contributed by atoms with Crippen molar-refractivity contribution in [3.63, 3.8) is 0 Å². The van der Waals surface area contributed by atoms with Gasteiger partial charge in [-0.15, -0.1) is 0 Å². The molecule has 0 aliphatic rings. The van der Waals surface area contributed by atoms with Gasteiger partial charge in [0.25, 0.3) is 11.8 Å². The molecule has 4 aromatic rings. The van der Waals surface area contributed by atoms with E-state index in [9.17, 15) is 9.59 Å². The van der Waals surface area contributed by atoms with E-state index in [2.05, 4.69) is 16.0 Å². The van der Waals surface area contributed by atoms with Gasteiger partial charge in [0.2, 0.25) is 0 Å². The highest BCUT2D eigenvalue weighted by molar-refractivity contribution is 7.80. The van der Waals surface area contributed by atoms with E-state index in [1.54, 1.807) is 72.8 Å². The SMILES string of the molecule is O=C(NC(=S)Nc1cccc(NC(=O)c2ccccc2)c1)c1cccc(OCc2ccccc2)c1. The molecule has 3 N–H and O–H groups in total. The van der Waals surface area contributed by atoms with Crippen molar-refractivity contribution in [2.75, 3.05) is 10.6 Å². The molecule has 0 spiro atoms. The number of rotatable bonds is 7. The van der Waals surface area contributed by atoms with Gasteiger partial charge in [-0.25, -0.2) is 0 Å². The molecule has 2 amide bonds. The number of ether oxygens (including phenoxy) is 1. The van der Waals surface area contributed by atoms with Gasteiger partial charge in [0.05, 0.1) is 0 Å². The first-order chi connectivity index (χ1) is 17.1. The fourth-order valence-electron chi connectivity index (χ4n) is 3.27. The Morgan fingerprint density at radius 1 is 0.657 bits per heavy atom. The Morgan fingerprint density at radius 3 is 2.03 bits per heavy atom. The predicted molar refractivity (Wildman–Crippen MR) is 142 cm³/mol. The summed E-state index contributed by atoms with van der Waals surface area (Å²) in [7, 11) is 0. The van der Waals surface area contributed by atoms with Crippen LogP contribution in [0.25, 0.3) is 0 Å². The third-order valence-corrected chi connectivity index (χ3v) is 5.19. The minimum Gasteiger partial charge on any atom is -0.489 e. The van der Waals surface area contributed by atoms with Gasteiger partial charge < -0.3 is 15.4 Å². The first kappa shape index (κ1) is 23.7. The molecule has 35 heavy (non-hydrogen) atoms. The number of benzene rings is 4. The first-order valence-corrected chi connectivity index (χ1v) is 11.3. The summed E-state index contributed by atoms with van der Waals surface area (Å²) < 4.78 is 5.80. The van der Waals surface area contributed by atoms with Crippen molar-refractivity contribution in [3.05, 3.63) is 126 Å². The van der Waals surface area contributed by atoms with E-state index >= 15 is 0 Å². The molecular formula is C28H23N3O3S. The third-order valence-electron chi connectivity index (χ3n) is 4.99. The van der Waals surface area contributed by atoms with E-state index in [1.807, 2.05) is 36.4 Å². The lowest BCUT2D eigenvalue weighted by atomic mass is 10.2. The summed E-state index contributed by atoms with van der Waals surface area (Å²) in [5.74, 6) is 0.0106. The van der Waals surface area contributed by atoms with Gasteiger partial charge in [0.1, 0.15) is 12.4 Å². The van der Waals surface area contributed by atoms with Crippen molar-refractivity contribution in [1.29, 1.82) is 0 Å². The number of hydrogen-bond acceptors (Lipinski definition) is 4. The summed E-state index contributed by atoms with van der Waals surface area (Å²) in [5, 5.41) is 8.63. The fourth-order valence-corrected chi connectivity index (χ4v) is 3.48. The van der Waals surface area contributed by atoms with Crippen molar-refractivity contribution < 1.29 is 14.3 Å². The van der Waals surface area contributed by atoms with Gasteiger partial charge in [-0.1, -0.05) is 60.7 Å². The van der Waals surface area contributed by atoms with Crippen LogP contribution in [0.15, 0.2) is 109 Å². The van der Waals surface area contributed by atoms with Crippen LogP contribution < -0.4 is 20.7 Å². The van der Waals surface area contributed by atoms with Crippen molar-refractivity contribution in [2.24, 2.45) is 0 Å². The van der Waals surface area contributed by atoms with Gasteiger partial charge in [-0.2, -0.15) is 0 Å². The summed E-state index contributed by atoms with van der Waals surface area (Å²) in [6.45, 7) is 0.406. The summed E-state index contributed by atoms with van der Waals surface area (Å²) >= 11 is 5.31. The minimum absolute atomic E-state index is 0.136. The number of hydrogen-bond donors (Lipinski definition) is 3. The average molecular weight is 482 g/mol. The van der Waals surface area contributed by atoms with Gasteiger partial charge in [-0.3, -0.25) is 14.9 Å². The molecule has 0 saturated carbocycles. The molecule has 6 nitrogen and oxygen atoms in total. The quantitative estimate of drug-likeness (QED) is 0.298. The maximum atomic E-state index is 12.7. The molecule has 0 atom stereocenters. The number of thiocarbonyl (C=S) groups is 1. The zero-order valence-corrected chi connectivity index (χ0v) is 19.5. The van der Waals surface area contributed by atoms with Crippen molar-refractivity contribution in [2.45, 2.75) is 6.61 Å². The largest absolute Gasteiger partial charge is 0.489 e. The zero-order valence-electron chi connectivity index (χ0n) is 18.7. The summed E-state index contributed by atoms with van der Waals surface area (Å²) in [6.07, 6.45) is 0. The molecule has 0 fully saturated rings. The van der Waals surface area contributed by atoms with Crippen molar-refractivity contribution in [1.82, 2.24) is 5.32 Å². The number of carbonyl (C=O) groups excluding carboxylic acids is 2. The van der Waals surface area contributed by atoms with Gasteiger partial charge in [0, 0.05) is 22.5 Å². The Labute approximate surface area is 209 Å². The Morgan fingerprint density at radius 2 is 1.29 bits per heavy atom. The third kappa shape index (κ3) is 6.99. The van der Waals surface area contributed by atoms with Crippen LogP contribution in [0.4, 0.5) is 11.4 Å². The molecular weight excluding hydrogens is 458 g/mol. The normalized spacial score (nSPS) is 10.2. The molecule has 0 saturated heterocycles. The Hall–Kier alpha value is -4.49. The fraction of sp³-hybridized carbons (Fsp3) is 0.0357. The standard InChI is InChI=1S/C28H23N3O3S/c32-26(21-11-5-2-6-12-21)29-23-14-8-15-24(18-23)30-28(35)31-27(33)22-13-7-16-25(17-22)34-19-20-9-3-1-4-10-20/h1-18H,19H2,(H,29,32)(H2,30,31,33,35). The van der Waals surface area contributed by atoms with Crippen LogP contribution in [0.2, 0.25) is 0 Å². The Bertz CT molecular complexity index is 1330. The average Bonchev–Trinajstić information content (AvgIpc) is 2.89. The molecule has 0 aliphatic heterocycles. The monoisotopic (exact) mass is 481 g/mol. The molecule has 0 unspecified atom stereocenters. The number of nitrogens with one attached hydrogen (secondary N) is 3. The Balaban J connectivity index is 1.32. The Kier molecular flexibility index (Phi) is 7.83. The van der Waals surface area contributed by atoms with E-state index in [4.69, 9.17) is 17.0 Å². The topological polar surface area (TPSA) is 79.5 Å². The van der Waals surface area contributed by atoms with E-state index in [1.165, 1.54) is 0 Å². The highest BCUT2D eigenvalue weighted by Gasteiger charge is 2.10. The van der Waals surface area contributed by atoms with E-state index in [-0.39, 0.29) is 16.9 Å². The van der Waals surface area contributed by atoms with E-state index in [0.717, 1.165) is 5.56 Å². The molecule has 0 bridgehead atoms. The van der Waals surface area contributed by atoms with Crippen LogP contribution in [0.5, 0.6) is 5.75 Å². The molecule has 0 aromatic heterocycles. The summed E-state index contributed by atoms with van der Waals surface area (Å²) in [4.78, 5) is 25.1. The molecule has 4 rings (SSSR count). The van der Waals surface area contributed by atoms with Gasteiger partial charge in [0.15, 0.2) is 5.11 Å². The molecule has 0 heterocycles. The predicted octanol–water partition coefficient (Wildman–Crippen LogP) is 5.64. The van der Waals surface area contributed by atoms with Crippen LogP contribution in [0.3, 0.4) is 0 Å². The van der Waals surface area contributed by atoms with Crippen molar-refractivity contribution >= 4 is 40.5 Å². The molecule has 0 aliphatic carbocycles. The van der Waals surface area contributed by atoms with Gasteiger partial charge >= 0.3 is 0 Å². The second kappa shape index (κ2) is 11.6. The lowest BCUT2D eigenvalue weighted by Crippen LogP contribution is -2.34. The molecule has 174 valence electrons. The smallest absolute Gasteiger partial charge is 0.257 e. The minimum atomic E-state index is -0.360. The lowest BCUT2D eigenvalue weighted by molar-refractivity contribution is 0.0976. The van der Waals surface area contributed by atoms with Crippen LogP contribution in [-0.2, 0) is 6.61 Å². The first-order valence-electron chi connectivity index (χ1n) is 10.9. The second-order valence-corrected chi connectivity index (χ2v) is 8.02. The highest BCUT2D eigenvalue weighted by atomic mass is 32.1.